The van der Waals surface area contributed by atoms with Crippen molar-refractivity contribution in [1.82, 2.24) is 4.90 Å². The molecule has 0 aromatic heterocycles. The van der Waals surface area contributed by atoms with E-state index in [-0.39, 0.29) is 23.1 Å². The van der Waals surface area contributed by atoms with Gasteiger partial charge in [-0.2, -0.15) is 0 Å². The van der Waals surface area contributed by atoms with Gasteiger partial charge >= 0.3 is 5.97 Å². The average Bonchev–Trinajstić information content (AvgIpc) is 3.05. The molecule has 142 valence electrons. The number of hydrogen-bond donors (Lipinski definition) is 1. The molecule has 0 saturated carbocycles. The number of carbonyl (C=O) groups excluding carboxylic acids is 1. The van der Waals surface area contributed by atoms with Gasteiger partial charge in [0.05, 0.1) is 16.1 Å². The number of carboxylic acid groups (broad SMARTS) is 1. The molecule has 6 nitrogen and oxygen atoms in total. The van der Waals surface area contributed by atoms with Gasteiger partial charge in [-0.25, -0.2) is 8.42 Å². The normalized spacial score (nSPS) is 19.8. The van der Waals surface area contributed by atoms with E-state index >= 15 is 0 Å². The van der Waals surface area contributed by atoms with Gasteiger partial charge in [-0.15, -0.1) is 0 Å². The van der Waals surface area contributed by atoms with Crippen LogP contribution in [0.5, 0.6) is 0 Å². The van der Waals surface area contributed by atoms with Gasteiger partial charge in [0, 0.05) is 18.7 Å². The van der Waals surface area contributed by atoms with Crippen LogP contribution in [-0.4, -0.2) is 43.4 Å². The Hall–Kier alpha value is -2.67. The Bertz CT molecular complexity index is 971. The van der Waals surface area contributed by atoms with Gasteiger partial charge in [-0.05, 0) is 43.2 Å². The number of likely N-dealkylation sites (tertiary alicyclic amines) is 1. The van der Waals surface area contributed by atoms with Crippen LogP contribution in [0, 0.1) is 5.41 Å². The van der Waals surface area contributed by atoms with E-state index in [0.29, 0.717) is 24.1 Å². The summed E-state index contributed by atoms with van der Waals surface area (Å²) < 4.78 is 25.1. The van der Waals surface area contributed by atoms with Crippen LogP contribution >= 0.6 is 0 Å². The van der Waals surface area contributed by atoms with Crippen LogP contribution in [0.4, 0.5) is 0 Å². The van der Waals surface area contributed by atoms with Gasteiger partial charge in [-0.1, -0.05) is 30.3 Å². The minimum atomic E-state index is -3.51. The van der Waals surface area contributed by atoms with Gasteiger partial charge in [0.2, 0.25) is 0 Å². The fourth-order valence-electron chi connectivity index (χ4n) is 3.22. The zero-order valence-corrected chi connectivity index (χ0v) is 15.8. The molecule has 1 aliphatic rings. The standard InChI is InChI=1S/C20H21NO5S/c1-20(19(23)24)10-11-21(14-20)18(22)16-7-5-6-15(12-16)13-27(25,26)17-8-3-2-4-9-17/h2-9,12H,10-11,13-14H2,1H3,(H,23,24). The van der Waals surface area contributed by atoms with Crippen molar-refractivity contribution in [1.29, 1.82) is 0 Å². The SMILES string of the molecule is CC1(C(=O)O)CCN(C(=O)c2cccc(CS(=O)(=O)c3ccccc3)c2)C1. The van der Waals surface area contributed by atoms with Crippen LogP contribution in [0.15, 0.2) is 59.5 Å². The molecule has 1 unspecified atom stereocenters. The van der Waals surface area contributed by atoms with E-state index in [1.165, 1.54) is 4.90 Å². The van der Waals surface area contributed by atoms with Crippen molar-refractivity contribution in [3.63, 3.8) is 0 Å². The van der Waals surface area contributed by atoms with Gasteiger partial charge in [0.25, 0.3) is 5.91 Å². The van der Waals surface area contributed by atoms with E-state index in [0.717, 1.165) is 0 Å². The smallest absolute Gasteiger partial charge is 0.311 e. The quantitative estimate of drug-likeness (QED) is 0.851. The molecule has 7 heteroatoms. The van der Waals surface area contributed by atoms with Crippen LogP contribution < -0.4 is 0 Å². The second-order valence-corrected chi connectivity index (χ2v) is 9.10. The summed E-state index contributed by atoms with van der Waals surface area (Å²) in [5, 5.41) is 9.32. The Morgan fingerprint density at radius 2 is 1.81 bits per heavy atom. The number of carbonyl (C=O) groups is 2. The summed E-state index contributed by atoms with van der Waals surface area (Å²) in [5.41, 5.74) is -0.0560. The number of amides is 1. The van der Waals surface area contributed by atoms with Crippen LogP contribution in [-0.2, 0) is 20.4 Å². The van der Waals surface area contributed by atoms with Crippen molar-refractivity contribution < 1.29 is 23.1 Å². The largest absolute Gasteiger partial charge is 0.481 e. The summed E-state index contributed by atoms with van der Waals surface area (Å²) in [6.07, 6.45) is 0.399. The molecule has 0 radical (unpaired) electrons. The molecule has 27 heavy (non-hydrogen) atoms. The van der Waals surface area contributed by atoms with Crippen molar-refractivity contribution >= 4 is 21.7 Å². The summed E-state index contributed by atoms with van der Waals surface area (Å²) >= 11 is 0. The summed E-state index contributed by atoms with van der Waals surface area (Å²) in [5.74, 6) is -1.40. The highest BCUT2D eigenvalue weighted by Gasteiger charge is 2.42. The number of hydrogen-bond acceptors (Lipinski definition) is 4. The fraction of sp³-hybridized carbons (Fsp3) is 0.300. The third-order valence-corrected chi connectivity index (χ3v) is 6.61. The number of nitrogens with zero attached hydrogens (tertiary/aromatic N) is 1. The van der Waals surface area contributed by atoms with Crippen LogP contribution in [0.3, 0.4) is 0 Å². The number of carboxylic acids is 1. The number of aliphatic carboxylic acids is 1. The molecule has 1 N–H and O–H groups in total. The second kappa shape index (κ2) is 7.15. The van der Waals surface area contributed by atoms with Crippen LogP contribution in [0.2, 0.25) is 0 Å². The molecule has 2 aromatic carbocycles. The van der Waals surface area contributed by atoms with Crippen molar-refractivity contribution in [2.75, 3.05) is 13.1 Å². The second-order valence-electron chi connectivity index (χ2n) is 7.12. The maximum absolute atomic E-state index is 12.7. The maximum Gasteiger partial charge on any atom is 0.311 e. The van der Waals surface area contributed by atoms with Crippen molar-refractivity contribution in [3.05, 3.63) is 65.7 Å². The van der Waals surface area contributed by atoms with Crippen LogP contribution in [0.1, 0.15) is 29.3 Å². The molecule has 2 aromatic rings. The van der Waals surface area contributed by atoms with Gasteiger partial charge in [0.1, 0.15) is 0 Å². The lowest BCUT2D eigenvalue weighted by Crippen LogP contribution is -2.34. The number of benzene rings is 2. The maximum atomic E-state index is 12.7. The molecule has 3 rings (SSSR count). The van der Waals surface area contributed by atoms with Gasteiger partial charge in [0.15, 0.2) is 9.84 Å². The summed E-state index contributed by atoms with van der Waals surface area (Å²) in [6, 6.07) is 14.7. The number of sulfone groups is 1. The molecule has 1 amide bonds. The third kappa shape index (κ3) is 4.03. The van der Waals surface area contributed by atoms with E-state index < -0.39 is 21.2 Å². The molecular formula is C20H21NO5S. The fourth-order valence-corrected chi connectivity index (χ4v) is 4.57. The molecule has 1 atom stereocenters. The monoisotopic (exact) mass is 387 g/mol. The van der Waals surface area contributed by atoms with E-state index in [2.05, 4.69) is 0 Å². The zero-order valence-electron chi connectivity index (χ0n) is 15.0. The van der Waals surface area contributed by atoms with E-state index in [1.807, 2.05) is 0 Å². The Kier molecular flexibility index (Phi) is 5.06. The van der Waals surface area contributed by atoms with E-state index in [9.17, 15) is 23.1 Å². The molecule has 0 bridgehead atoms. The number of rotatable bonds is 5. The highest BCUT2D eigenvalue weighted by atomic mass is 32.2. The lowest BCUT2D eigenvalue weighted by atomic mass is 9.90. The highest BCUT2D eigenvalue weighted by molar-refractivity contribution is 7.90. The zero-order chi connectivity index (χ0) is 19.7. The van der Waals surface area contributed by atoms with Crippen LogP contribution in [0.25, 0.3) is 0 Å². The van der Waals surface area contributed by atoms with Crippen molar-refractivity contribution in [3.8, 4) is 0 Å². The first-order valence-electron chi connectivity index (χ1n) is 8.61. The predicted molar refractivity (Wildman–Crippen MR) is 100 cm³/mol. The minimum absolute atomic E-state index is 0.147. The molecule has 1 heterocycles. The predicted octanol–water partition coefficient (Wildman–Crippen LogP) is 2.60. The lowest BCUT2D eigenvalue weighted by molar-refractivity contribution is -0.147. The first kappa shape index (κ1) is 19.1. The third-order valence-electron chi connectivity index (χ3n) is 4.91. The Morgan fingerprint density at radius 1 is 1.11 bits per heavy atom. The van der Waals surface area contributed by atoms with E-state index in [4.69, 9.17) is 0 Å². The molecule has 1 fully saturated rings. The summed E-state index contributed by atoms with van der Waals surface area (Å²) in [6.45, 7) is 2.15. The van der Waals surface area contributed by atoms with Crippen molar-refractivity contribution in [2.45, 2.75) is 24.0 Å². The first-order valence-corrected chi connectivity index (χ1v) is 10.3. The molecule has 1 aliphatic heterocycles. The van der Waals surface area contributed by atoms with Crippen molar-refractivity contribution in [2.24, 2.45) is 5.41 Å². The molecule has 0 aliphatic carbocycles. The Morgan fingerprint density at radius 3 is 2.44 bits per heavy atom. The topological polar surface area (TPSA) is 91.8 Å². The molecule has 0 spiro atoms. The van der Waals surface area contributed by atoms with Gasteiger partial charge in [-0.3, -0.25) is 9.59 Å². The van der Waals surface area contributed by atoms with E-state index in [1.54, 1.807) is 61.5 Å². The molecular weight excluding hydrogens is 366 g/mol. The van der Waals surface area contributed by atoms with Gasteiger partial charge < -0.3 is 10.0 Å². The average molecular weight is 387 g/mol. The minimum Gasteiger partial charge on any atom is -0.481 e. The molecule has 1 saturated heterocycles. The Labute approximate surface area is 158 Å². The highest BCUT2D eigenvalue weighted by Crippen LogP contribution is 2.31. The summed E-state index contributed by atoms with van der Waals surface area (Å²) in [7, 11) is -3.51. The summed E-state index contributed by atoms with van der Waals surface area (Å²) in [4.78, 5) is 25.8. The Balaban J connectivity index is 1.78. The lowest BCUT2D eigenvalue weighted by Gasteiger charge is -2.20. The first-order chi connectivity index (χ1) is 12.7.